The average molecular weight is 659 g/mol. The molecule has 14 heteroatoms. The maximum Gasteiger partial charge on any atom is 0.488 e. The molecular formula is C30H28BBrN6O6. The Hall–Kier alpha value is -4.92. The van der Waals surface area contributed by atoms with E-state index in [9.17, 15) is 9.59 Å². The van der Waals surface area contributed by atoms with Crippen LogP contribution in [0.15, 0.2) is 102 Å². The second-order valence-electron chi connectivity index (χ2n) is 8.75. The van der Waals surface area contributed by atoms with Gasteiger partial charge in [0.2, 0.25) is 0 Å². The SMILES string of the molecule is CCOC(=O)c1nc2ccccn2c1-c1ccncc1.CCOC(=O)c1nc2ccccn2c1Br.OB(O)c1ccncc1. The third-order valence-corrected chi connectivity index (χ3v) is 6.65. The minimum absolute atomic E-state index is 0.308. The van der Waals surface area contributed by atoms with Gasteiger partial charge >= 0.3 is 19.1 Å². The Morgan fingerprint density at radius 1 is 0.750 bits per heavy atom. The topological polar surface area (TPSA) is 153 Å². The van der Waals surface area contributed by atoms with Crippen LogP contribution in [0.25, 0.3) is 22.6 Å². The van der Waals surface area contributed by atoms with Crippen LogP contribution >= 0.6 is 15.9 Å². The van der Waals surface area contributed by atoms with Crippen molar-refractivity contribution in [1.29, 1.82) is 0 Å². The first-order valence-corrected chi connectivity index (χ1v) is 14.2. The summed E-state index contributed by atoms with van der Waals surface area (Å²) < 4.78 is 14.3. The Morgan fingerprint density at radius 3 is 1.77 bits per heavy atom. The van der Waals surface area contributed by atoms with Gasteiger partial charge in [0.15, 0.2) is 11.4 Å². The number of pyridine rings is 4. The molecule has 0 bridgehead atoms. The van der Waals surface area contributed by atoms with E-state index < -0.39 is 19.1 Å². The molecule has 0 saturated carbocycles. The zero-order valence-corrected chi connectivity index (χ0v) is 25.4. The fraction of sp³-hybridized carbons (Fsp3) is 0.133. The van der Waals surface area contributed by atoms with Crippen LogP contribution < -0.4 is 5.46 Å². The molecule has 0 radical (unpaired) electrons. The quantitative estimate of drug-likeness (QED) is 0.200. The molecule has 6 aromatic rings. The van der Waals surface area contributed by atoms with Crippen molar-refractivity contribution in [3.05, 3.63) is 114 Å². The van der Waals surface area contributed by atoms with Crippen LogP contribution in [-0.4, -0.2) is 71.1 Å². The third kappa shape index (κ3) is 7.72. The minimum atomic E-state index is -1.38. The number of esters is 2. The van der Waals surface area contributed by atoms with E-state index in [1.54, 1.807) is 42.8 Å². The van der Waals surface area contributed by atoms with Gasteiger partial charge in [0.1, 0.15) is 15.9 Å². The maximum atomic E-state index is 12.1. The van der Waals surface area contributed by atoms with Crippen LogP contribution in [0.2, 0.25) is 0 Å². The standard InChI is InChI=1S/C15H13N3O2.C10H9BrN2O2.C5H6BNO2/c1-2-20-15(19)13-14(11-6-8-16-9-7-11)18-10-4-3-5-12(18)17-13;1-2-15-10(14)8-9(11)13-6-4-3-5-7(13)12-8;8-6(9)5-1-3-7-4-2-5/h3-10H,2H2,1H3;3-6H,2H2,1H3;1-4,8-9H. The van der Waals surface area contributed by atoms with Crippen molar-refractivity contribution < 1.29 is 29.1 Å². The number of imidazole rings is 2. The Bertz CT molecular complexity index is 1830. The van der Waals surface area contributed by atoms with E-state index in [2.05, 4.69) is 35.9 Å². The number of halogens is 1. The molecule has 0 atom stereocenters. The maximum absolute atomic E-state index is 12.1. The van der Waals surface area contributed by atoms with E-state index in [1.165, 1.54) is 12.4 Å². The highest BCUT2D eigenvalue weighted by Crippen LogP contribution is 2.25. The van der Waals surface area contributed by atoms with E-state index in [4.69, 9.17) is 19.5 Å². The predicted octanol–water partition coefficient (Wildman–Crippen LogP) is 3.61. The van der Waals surface area contributed by atoms with E-state index in [0.717, 1.165) is 11.3 Å². The number of aromatic nitrogens is 6. The number of rotatable bonds is 6. The summed E-state index contributed by atoms with van der Waals surface area (Å²) in [6.45, 7) is 4.21. The number of nitrogens with zero attached hydrogens (tertiary/aromatic N) is 6. The van der Waals surface area contributed by atoms with E-state index in [-0.39, 0.29) is 0 Å². The van der Waals surface area contributed by atoms with Gasteiger partial charge in [-0.05, 0) is 83.8 Å². The van der Waals surface area contributed by atoms with Crippen LogP contribution in [-0.2, 0) is 9.47 Å². The number of fused-ring (bicyclic) bond motifs is 2. The molecule has 0 amide bonds. The lowest BCUT2D eigenvalue weighted by molar-refractivity contribution is 0.0510. The molecule has 0 aliphatic rings. The summed E-state index contributed by atoms with van der Waals surface area (Å²) in [5.41, 5.74) is 4.12. The Kier molecular flexibility index (Phi) is 11.3. The molecule has 0 aromatic carbocycles. The lowest BCUT2D eigenvalue weighted by Gasteiger charge is -2.04. The Labute approximate surface area is 261 Å². The summed E-state index contributed by atoms with van der Waals surface area (Å²) in [5.74, 6) is -0.823. The molecule has 0 aliphatic carbocycles. The van der Waals surface area contributed by atoms with Crippen molar-refractivity contribution in [3.8, 4) is 11.3 Å². The predicted molar refractivity (Wildman–Crippen MR) is 167 cm³/mol. The van der Waals surface area contributed by atoms with E-state index >= 15 is 0 Å². The smallest absolute Gasteiger partial charge is 0.461 e. The first-order chi connectivity index (χ1) is 21.3. The van der Waals surface area contributed by atoms with Crippen LogP contribution in [0, 0.1) is 0 Å². The molecule has 6 heterocycles. The summed E-state index contributed by atoms with van der Waals surface area (Å²) in [5, 5.41) is 17.1. The van der Waals surface area contributed by atoms with Crippen molar-refractivity contribution in [2.45, 2.75) is 13.8 Å². The minimum Gasteiger partial charge on any atom is -0.461 e. The second-order valence-corrected chi connectivity index (χ2v) is 9.50. The summed E-state index contributed by atoms with van der Waals surface area (Å²) in [4.78, 5) is 39.9. The van der Waals surface area contributed by atoms with Crippen LogP contribution in [0.1, 0.15) is 34.8 Å². The fourth-order valence-corrected chi connectivity index (χ4v) is 4.50. The summed E-state index contributed by atoms with van der Waals surface area (Å²) in [6.07, 6.45) is 10.1. The van der Waals surface area contributed by atoms with E-state index in [0.29, 0.717) is 46.0 Å². The normalized spacial score (nSPS) is 10.3. The molecule has 224 valence electrons. The Balaban J connectivity index is 0.000000162. The van der Waals surface area contributed by atoms with Crippen molar-refractivity contribution in [2.24, 2.45) is 0 Å². The highest BCUT2D eigenvalue weighted by molar-refractivity contribution is 9.10. The van der Waals surface area contributed by atoms with Gasteiger partial charge in [0, 0.05) is 42.7 Å². The summed E-state index contributed by atoms with van der Waals surface area (Å²) >= 11 is 3.32. The lowest BCUT2D eigenvalue weighted by atomic mass is 9.81. The van der Waals surface area contributed by atoms with Crippen molar-refractivity contribution in [1.82, 2.24) is 28.7 Å². The summed E-state index contributed by atoms with van der Waals surface area (Å²) in [7, 11) is -1.38. The largest absolute Gasteiger partial charge is 0.488 e. The van der Waals surface area contributed by atoms with Gasteiger partial charge in [-0.2, -0.15) is 0 Å². The van der Waals surface area contributed by atoms with Crippen LogP contribution in [0.4, 0.5) is 0 Å². The lowest BCUT2D eigenvalue weighted by Crippen LogP contribution is -2.29. The molecule has 44 heavy (non-hydrogen) atoms. The number of hydrogen-bond donors (Lipinski definition) is 2. The van der Waals surface area contributed by atoms with E-state index in [1.807, 2.05) is 65.3 Å². The molecule has 12 nitrogen and oxygen atoms in total. The highest BCUT2D eigenvalue weighted by atomic mass is 79.9. The first kappa shape index (κ1) is 32.0. The van der Waals surface area contributed by atoms with Gasteiger partial charge in [0.25, 0.3) is 0 Å². The van der Waals surface area contributed by atoms with Crippen molar-refractivity contribution in [3.63, 3.8) is 0 Å². The average Bonchev–Trinajstić information content (AvgIpc) is 3.61. The number of carbonyl (C=O) groups excluding carboxylic acids is 2. The number of ether oxygens (including phenoxy) is 2. The number of hydrogen-bond acceptors (Lipinski definition) is 10. The molecular weight excluding hydrogens is 631 g/mol. The third-order valence-electron chi connectivity index (χ3n) is 5.90. The molecule has 6 rings (SSSR count). The summed E-state index contributed by atoms with van der Waals surface area (Å²) in [6, 6.07) is 18.0. The van der Waals surface area contributed by atoms with Gasteiger partial charge < -0.3 is 19.5 Å². The number of carbonyl (C=O) groups is 2. The van der Waals surface area contributed by atoms with Gasteiger partial charge in [-0.1, -0.05) is 12.1 Å². The highest BCUT2D eigenvalue weighted by Gasteiger charge is 2.21. The molecule has 2 N–H and O–H groups in total. The monoisotopic (exact) mass is 658 g/mol. The van der Waals surface area contributed by atoms with Crippen LogP contribution in [0.5, 0.6) is 0 Å². The van der Waals surface area contributed by atoms with Crippen molar-refractivity contribution in [2.75, 3.05) is 13.2 Å². The zero-order valence-electron chi connectivity index (χ0n) is 23.8. The molecule has 0 saturated heterocycles. The molecule has 0 unspecified atom stereocenters. The first-order valence-electron chi connectivity index (χ1n) is 13.5. The fourth-order valence-electron chi connectivity index (χ4n) is 3.95. The van der Waals surface area contributed by atoms with Gasteiger partial charge in [-0.25, -0.2) is 19.6 Å². The molecule has 0 spiro atoms. The molecule has 0 fully saturated rings. The molecule has 0 aliphatic heterocycles. The van der Waals surface area contributed by atoms with Gasteiger partial charge in [0.05, 0.1) is 18.9 Å². The van der Waals surface area contributed by atoms with Crippen LogP contribution in [0.3, 0.4) is 0 Å². The van der Waals surface area contributed by atoms with Gasteiger partial charge in [-0.15, -0.1) is 0 Å². The van der Waals surface area contributed by atoms with Crippen molar-refractivity contribution >= 4 is 51.7 Å². The zero-order chi connectivity index (χ0) is 31.5. The molecule has 6 aromatic heterocycles. The Morgan fingerprint density at radius 2 is 1.25 bits per heavy atom. The van der Waals surface area contributed by atoms with Gasteiger partial charge in [-0.3, -0.25) is 18.8 Å². The second kappa shape index (κ2) is 15.5.